The van der Waals surface area contributed by atoms with Crippen molar-refractivity contribution in [3.63, 3.8) is 0 Å². The van der Waals surface area contributed by atoms with Crippen LogP contribution in [-0.4, -0.2) is 37.6 Å². The summed E-state index contributed by atoms with van der Waals surface area (Å²) in [5.74, 6) is 1.21. The highest BCUT2D eigenvalue weighted by Crippen LogP contribution is 2.34. The van der Waals surface area contributed by atoms with Gasteiger partial charge in [0.25, 0.3) is 0 Å². The second kappa shape index (κ2) is 9.69. The molecular formula is C23H28FNO3. The number of benzene rings is 2. The third-order valence-corrected chi connectivity index (χ3v) is 5.36. The zero-order chi connectivity index (χ0) is 19.9. The van der Waals surface area contributed by atoms with Crippen LogP contribution >= 0.6 is 0 Å². The van der Waals surface area contributed by atoms with Gasteiger partial charge in [-0.1, -0.05) is 24.3 Å². The summed E-state index contributed by atoms with van der Waals surface area (Å²) in [7, 11) is 1.61. The van der Waals surface area contributed by atoms with Gasteiger partial charge in [0, 0.05) is 13.5 Å². The zero-order valence-electron chi connectivity index (χ0n) is 16.6. The van der Waals surface area contributed by atoms with Gasteiger partial charge in [0.05, 0.1) is 7.11 Å². The Morgan fingerprint density at radius 3 is 2.50 bits per heavy atom. The molecule has 0 N–H and O–H groups in total. The van der Waals surface area contributed by atoms with E-state index in [2.05, 4.69) is 4.90 Å². The predicted octanol–water partition coefficient (Wildman–Crippen LogP) is 4.26. The standard InChI is InChI=1S/C23H28FNO3/c1-17(26)28-22-5-3-4-20(23(22)27-2)16-19-11-14-25(15-12-19)13-10-18-6-8-21(24)9-7-18/h3-9,19H,10-16H2,1-2H3. The van der Waals surface area contributed by atoms with Crippen LogP contribution in [0, 0.1) is 11.7 Å². The molecule has 0 bridgehead atoms. The average molecular weight is 385 g/mol. The summed E-state index contributed by atoms with van der Waals surface area (Å²) in [5.41, 5.74) is 2.27. The van der Waals surface area contributed by atoms with Crippen LogP contribution in [0.3, 0.4) is 0 Å². The molecule has 2 aromatic carbocycles. The van der Waals surface area contributed by atoms with E-state index >= 15 is 0 Å². The predicted molar refractivity (Wildman–Crippen MR) is 107 cm³/mol. The Hall–Kier alpha value is -2.40. The minimum Gasteiger partial charge on any atom is -0.493 e. The lowest BCUT2D eigenvalue weighted by atomic mass is 9.89. The molecule has 0 spiro atoms. The van der Waals surface area contributed by atoms with Crippen molar-refractivity contribution in [1.82, 2.24) is 4.90 Å². The monoisotopic (exact) mass is 385 g/mol. The van der Waals surface area contributed by atoms with Crippen LogP contribution in [0.2, 0.25) is 0 Å². The summed E-state index contributed by atoms with van der Waals surface area (Å²) in [6.45, 7) is 4.53. The molecule has 3 rings (SSSR count). The van der Waals surface area contributed by atoms with Gasteiger partial charge in [-0.25, -0.2) is 4.39 Å². The largest absolute Gasteiger partial charge is 0.493 e. The number of hydrogen-bond acceptors (Lipinski definition) is 4. The normalized spacial score (nSPS) is 15.4. The Bertz CT molecular complexity index is 783. The van der Waals surface area contributed by atoms with E-state index in [1.165, 1.54) is 24.6 Å². The van der Waals surface area contributed by atoms with Crippen LogP contribution in [-0.2, 0) is 17.6 Å². The highest BCUT2D eigenvalue weighted by atomic mass is 19.1. The number of likely N-dealkylation sites (tertiary alicyclic amines) is 1. The highest BCUT2D eigenvalue weighted by molar-refractivity contribution is 5.70. The highest BCUT2D eigenvalue weighted by Gasteiger charge is 2.22. The van der Waals surface area contributed by atoms with Gasteiger partial charge in [0.15, 0.2) is 11.5 Å². The fourth-order valence-corrected chi connectivity index (χ4v) is 3.85. The van der Waals surface area contributed by atoms with Crippen LogP contribution in [0.5, 0.6) is 11.5 Å². The summed E-state index contributed by atoms with van der Waals surface area (Å²) in [6, 6.07) is 12.5. The van der Waals surface area contributed by atoms with Crippen LogP contribution in [0.1, 0.15) is 30.9 Å². The number of esters is 1. The van der Waals surface area contributed by atoms with Crippen molar-refractivity contribution in [1.29, 1.82) is 0 Å². The number of hydrogen-bond donors (Lipinski definition) is 0. The third kappa shape index (κ3) is 5.55. The molecule has 0 aromatic heterocycles. The number of carbonyl (C=O) groups is 1. The molecule has 2 aromatic rings. The maximum Gasteiger partial charge on any atom is 0.308 e. The molecule has 150 valence electrons. The lowest BCUT2D eigenvalue weighted by Crippen LogP contribution is -2.35. The van der Waals surface area contributed by atoms with Crippen molar-refractivity contribution in [3.05, 3.63) is 59.4 Å². The van der Waals surface area contributed by atoms with Crippen LogP contribution in [0.4, 0.5) is 4.39 Å². The second-order valence-corrected chi connectivity index (χ2v) is 7.41. The number of para-hydroxylation sites is 1. The summed E-state index contributed by atoms with van der Waals surface area (Å²) < 4.78 is 23.8. The maximum absolute atomic E-state index is 13.0. The first-order valence-electron chi connectivity index (χ1n) is 9.86. The molecule has 28 heavy (non-hydrogen) atoms. The van der Waals surface area contributed by atoms with Crippen molar-refractivity contribution >= 4 is 5.97 Å². The third-order valence-electron chi connectivity index (χ3n) is 5.36. The minimum absolute atomic E-state index is 0.183. The fourth-order valence-electron chi connectivity index (χ4n) is 3.85. The molecule has 5 heteroatoms. The number of piperidine rings is 1. The molecule has 1 heterocycles. The Kier molecular flexibility index (Phi) is 7.04. The molecule has 0 saturated carbocycles. The SMILES string of the molecule is COc1c(CC2CCN(CCc3ccc(F)cc3)CC2)cccc1OC(C)=O. The van der Waals surface area contributed by atoms with Gasteiger partial charge in [-0.05, 0) is 74.0 Å². The molecule has 1 saturated heterocycles. The van der Waals surface area contributed by atoms with Gasteiger partial charge in [0.2, 0.25) is 0 Å². The summed E-state index contributed by atoms with van der Waals surface area (Å²) in [5, 5.41) is 0. The summed E-state index contributed by atoms with van der Waals surface area (Å²) >= 11 is 0. The van der Waals surface area contributed by atoms with E-state index in [9.17, 15) is 9.18 Å². The average Bonchev–Trinajstić information content (AvgIpc) is 2.68. The Balaban J connectivity index is 1.51. The molecule has 0 amide bonds. The van der Waals surface area contributed by atoms with Crippen molar-refractivity contribution < 1.29 is 18.7 Å². The van der Waals surface area contributed by atoms with Gasteiger partial charge in [-0.2, -0.15) is 0 Å². The second-order valence-electron chi connectivity index (χ2n) is 7.41. The Morgan fingerprint density at radius 2 is 1.86 bits per heavy atom. The molecule has 1 fully saturated rings. The number of ether oxygens (including phenoxy) is 2. The topological polar surface area (TPSA) is 38.8 Å². The van der Waals surface area contributed by atoms with Crippen LogP contribution < -0.4 is 9.47 Å². The fraction of sp³-hybridized carbons (Fsp3) is 0.435. The quantitative estimate of drug-likeness (QED) is 0.527. The molecule has 0 atom stereocenters. The van der Waals surface area contributed by atoms with E-state index in [0.29, 0.717) is 17.4 Å². The van der Waals surface area contributed by atoms with E-state index in [0.717, 1.165) is 50.9 Å². The number of rotatable bonds is 7. The minimum atomic E-state index is -0.343. The smallest absolute Gasteiger partial charge is 0.308 e. The number of methoxy groups -OCH3 is 1. The number of carbonyl (C=O) groups excluding carboxylic acids is 1. The molecule has 0 radical (unpaired) electrons. The zero-order valence-corrected chi connectivity index (χ0v) is 16.6. The van der Waals surface area contributed by atoms with Gasteiger partial charge >= 0.3 is 5.97 Å². The van der Waals surface area contributed by atoms with Crippen molar-refractivity contribution in [2.24, 2.45) is 5.92 Å². The Morgan fingerprint density at radius 1 is 1.14 bits per heavy atom. The van der Waals surface area contributed by atoms with Crippen molar-refractivity contribution in [2.75, 3.05) is 26.7 Å². The molecule has 1 aliphatic rings. The Labute approximate surface area is 166 Å². The first-order valence-corrected chi connectivity index (χ1v) is 9.86. The van der Waals surface area contributed by atoms with E-state index in [1.807, 2.05) is 24.3 Å². The molecule has 4 nitrogen and oxygen atoms in total. The maximum atomic E-state index is 13.0. The molecular weight excluding hydrogens is 357 g/mol. The lowest BCUT2D eigenvalue weighted by molar-refractivity contribution is -0.132. The van der Waals surface area contributed by atoms with E-state index in [4.69, 9.17) is 9.47 Å². The van der Waals surface area contributed by atoms with Crippen LogP contribution in [0.25, 0.3) is 0 Å². The van der Waals surface area contributed by atoms with E-state index in [-0.39, 0.29) is 11.8 Å². The molecule has 0 aliphatic carbocycles. The number of nitrogens with zero attached hydrogens (tertiary/aromatic N) is 1. The van der Waals surface area contributed by atoms with Crippen molar-refractivity contribution in [3.8, 4) is 11.5 Å². The van der Waals surface area contributed by atoms with Gasteiger partial charge in [-0.3, -0.25) is 4.79 Å². The summed E-state index contributed by atoms with van der Waals surface area (Å²) in [6.07, 6.45) is 4.13. The first-order chi connectivity index (χ1) is 13.5. The van der Waals surface area contributed by atoms with Gasteiger partial charge < -0.3 is 14.4 Å². The van der Waals surface area contributed by atoms with Crippen molar-refractivity contribution in [2.45, 2.75) is 32.6 Å². The van der Waals surface area contributed by atoms with E-state index < -0.39 is 0 Å². The lowest BCUT2D eigenvalue weighted by Gasteiger charge is -2.32. The van der Waals surface area contributed by atoms with Gasteiger partial charge in [0.1, 0.15) is 5.82 Å². The van der Waals surface area contributed by atoms with Gasteiger partial charge in [-0.15, -0.1) is 0 Å². The molecule has 0 unspecified atom stereocenters. The first kappa shape index (κ1) is 20.3. The molecule has 1 aliphatic heterocycles. The number of halogens is 1. The van der Waals surface area contributed by atoms with Crippen LogP contribution in [0.15, 0.2) is 42.5 Å². The summed E-state index contributed by atoms with van der Waals surface area (Å²) in [4.78, 5) is 13.8. The van der Waals surface area contributed by atoms with E-state index in [1.54, 1.807) is 13.2 Å².